The van der Waals surface area contributed by atoms with Crippen LogP contribution in [0, 0.1) is 0 Å². The highest BCUT2D eigenvalue weighted by Gasteiger charge is 2.01. The number of carbonyl (C=O) groups excluding carboxylic acids is 1. The summed E-state index contributed by atoms with van der Waals surface area (Å²) in [6, 6.07) is 15.2. The Labute approximate surface area is 142 Å². The molecule has 0 heterocycles. The van der Waals surface area contributed by atoms with Gasteiger partial charge in [-0.2, -0.15) is 5.10 Å². The first-order valence-electron chi connectivity index (χ1n) is 6.52. The zero-order valence-electron chi connectivity index (χ0n) is 12.0. The van der Waals surface area contributed by atoms with E-state index in [1.165, 1.54) is 4.90 Å². The first kappa shape index (κ1) is 16.6. The lowest BCUT2D eigenvalue weighted by atomic mass is 10.2. The molecule has 1 N–H and O–H groups in total. The molecule has 0 radical (unpaired) electrons. The highest BCUT2D eigenvalue weighted by atomic mass is 79.9. The summed E-state index contributed by atoms with van der Waals surface area (Å²) in [4.78, 5) is 12.8. The first-order chi connectivity index (χ1) is 10.7. The Morgan fingerprint density at radius 3 is 2.77 bits per heavy atom. The van der Waals surface area contributed by atoms with Gasteiger partial charge in [-0.3, -0.25) is 4.79 Å². The molecular weight excluding hydrogens is 364 g/mol. The molecule has 114 valence electrons. The molecule has 0 saturated heterocycles. The first-order valence-corrected chi connectivity index (χ1v) is 8.53. The molecule has 2 aromatic rings. The van der Waals surface area contributed by atoms with Crippen LogP contribution in [0.1, 0.15) is 5.56 Å². The summed E-state index contributed by atoms with van der Waals surface area (Å²) in [6.45, 7) is -0.0841. The number of hydrogen-bond acceptors (Lipinski definition) is 4. The third-order valence-corrected chi connectivity index (χ3v) is 3.92. The molecule has 1 amide bonds. The molecule has 22 heavy (non-hydrogen) atoms. The molecule has 0 aliphatic heterocycles. The van der Waals surface area contributed by atoms with E-state index in [0.717, 1.165) is 10.0 Å². The molecule has 2 aromatic carbocycles. The normalized spacial score (nSPS) is 10.6. The van der Waals surface area contributed by atoms with E-state index in [1.807, 2.05) is 42.7 Å². The molecule has 0 atom stereocenters. The second-order valence-corrected chi connectivity index (χ2v) is 6.11. The predicted octanol–water partition coefficient (Wildman–Crippen LogP) is 3.70. The average molecular weight is 379 g/mol. The lowest BCUT2D eigenvalue weighted by Gasteiger charge is -2.05. The van der Waals surface area contributed by atoms with Gasteiger partial charge < -0.3 is 4.74 Å². The Balaban J connectivity index is 1.78. The fraction of sp³-hybridized carbons (Fsp3) is 0.125. The van der Waals surface area contributed by atoms with Crippen molar-refractivity contribution >= 4 is 39.8 Å². The molecule has 4 nitrogen and oxygen atoms in total. The van der Waals surface area contributed by atoms with Crippen LogP contribution in [-0.4, -0.2) is 25.0 Å². The van der Waals surface area contributed by atoms with E-state index in [0.29, 0.717) is 5.75 Å². The molecule has 2 rings (SSSR count). The summed E-state index contributed by atoms with van der Waals surface area (Å²) in [6.07, 6.45) is 3.62. The van der Waals surface area contributed by atoms with Crippen molar-refractivity contribution in [3.8, 4) is 5.75 Å². The van der Waals surface area contributed by atoms with Crippen LogP contribution in [0.5, 0.6) is 5.75 Å². The van der Waals surface area contributed by atoms with Gasteiger partial charge in [-0.05, 0) is 42.2 Å². The van der Waals surface area contributed by atoms with Crippen molar-refractivity contribution in [2.24, 2.45) is 5.10 Å². The number of amides is 1. The molecule has 0 fully saturated rings. The maximum Gasteiger partial charge on any atom is 0.277 e. The zero-order valence-corrected chi connectivity index (χ0v) is 14.4. The van der Waals surface area contributed by atoms with Gasteiger partial charge in [0, 0.05) is 9.37 Å². The van der Waals surface area contributed by atoms with Gasteiger partial charge in [0.25, 0.3) is 5.91 Å². The Bertz CT molecular complexity index is 659. The molecule has 0 spiro atoms. The van der Waals surface area contributed by atoms with Gasteiger partial charge in [0.2, 0.25) is 0 Å². The number of carbonyl (C=O) groups is 1. The number of thioether (sulfide) groups is 1. The summed E-state index contributed by atoms with van der Waals surface area (Å²) in [5.74, 6) is 0.318. The minimum atomic E-state index is -0.308. The standard InChI is InChI=1S/C16H15BrN2O2S/c1-22-15-7-5-12(6-8-15)10-18-19-16(20)11-21-14-4-2-3-13(17)9-14/h2-10H,11H2,1H3,(H,19,20)/b18-10+. The van der Waals surface area contributed by atoms with Gasteiger partial charge >= 0.3 is 0 Å². The van der Waals surface area contributed by atoms with E-state index < -0.39 is 0 Å². The summed E-state index contributed by atoms with van der Waals surface area (Å²) in [5, 5.41) is 3.91. The Morgan fingerprint density at radius 2 is 2.09 bits per heavy atom. The topological polar surface area (TPSA) is 50.7 Å². The number of benzene rings is 2. The quantitative estimate of drug-likeness (QED) is 0.473. The van der Waals surface area contributed by atoms with Crippen LogP contribution >= 0.6 is 27.7 Å². The van der Waals surface area contributed by atoms with Crippen LogP contribution in [0.2, 0.25) is 0 Å². The van der Waals surface area contributed by atoms with Crippen LogP contribution < -0.4 is 10.2 Å². The Morgan fingerprint density at radius 1 is 1.32 bits per heavy atom. The molecular formula is C16H15BrN2O2S. The van der Waals surface area contributed by atoms with Crippen molar-refractivity contribution < 1.29 is 9.53 Å². The smallest absolute Gasteiger partial charge is 0.277 e. The third-order valence-electron chi connectivity index (χ3n) is 2.68. The predicted molar refractivity (Wildman–Crippen MR) is 93.6 cm³/mol. The highest BCUT2D eigenvalue weighted by molar-refractivity contribution is 9.10. The molecule has 0 unspecified atom stereocenters. The van der Waals surface area contributed by atoms with Crippen molar-refractivity contribution in [3.05, 3.63) is 58.6 Å². The molecule has 6 heteroatoms. The summed E-state index contributed by atoms with van der Waals surface area (Å²) < 4.78 is 6.26. The number of nitrogens with zero attached hydrogens (tertiary/aromatic N) is 1. The Hall–Kier alpha value is -1.79. The van der Waals surface area contributed by atoms with Crippen LogP contribution in [-0.2, 0) is 4.79 Å². The van der Waals surface area contributed by atoms with Gasteiger partial charge in [0.1, 0.15) is 5.75 Å². The number of halogens is 1. The van der Waals surface area contributed by atoms with Gasteiger partial charge in [-0.1, -0.05) is 34.1 Å². The maximum absolute atomic E-state index is 11.6. The molecule has 0 aliphatic rings. The number of rotatable bonds is 6. The van der Waals surface area contributed by atoms with E-state index in [1.54, 1.807) is 30.1 Å². The van der Waals surface area contributed by atoms with Crippen LogP contribution in [0.4, 0.5) is 0 Å². The zero-order chi connectivity index (χ0) is 15.8. The largest absolute Gasteiger partial charge is 0.484 e. The summed E-state index contributed by atoms with van der Waals surface area (Å²) in [5.41, 5.74) is 3.36. The molecule has 0 aliphatic carbocycles. The van der Waals surface area contributed by atoms with Gasteiger partial charge in [-0.25, -0.2) is 5.43 Å². The number of ether oxygens (including phenoxy) is 1. The molecule has 0 aromatic heterocycles. The van der Waals surface area contributed by atoms with Crippen molar-refractivity contribution in [2.45, 2.75) is 4.90 Å². The van der Waals surface area contributed by atoms with Crippen molar-refractivity contribution in [1.82, 2.24) is 5.43 Å². The van der Waals surface area contributed by atoms with Crippen molar-refractivity contribution in [3.63, 3.8) is 0 Å². The van der Waals surface area contributed by atoms with E-state index >= 15 is 0 Å². The van der Waals surface area contributed by atoms with Gasteiger partial charge in [0.05, 0.1) is 6.21 Å². The van der Waals surface area contributed by atoms with E-state index in [-0.39, 0.29) is 12.5 Å². The van der Waals surface area contributed by atoms with E-state index in [2.05, 4.69) is 26.5 Å². The van der Waals surface area contributed by atoms with Crippen LogP contribution in [0.3, 0.4) is 0 Å². The minimum absolute atomic E-state index is 0.0841. The Kier molecular flexibility index (Phi) is 6.48. The van der Waals surface area contributed by atoms with Gasteiger partial charge in [-0.15, -0.1) is 11.8 Å². The highest BCUT2D eigenvalue weighted by Crippen LogP contribution is 2.17. The number of nitrogens with one attached hydrogen (secondary N) is 1. The van der Waals surface area contributed by atoms with Crippen molar-refractivity contribution in [2.75, 3.05) is 12.9 Å². The van der Waals surface area contributed by atoms with Crippen molar-refractivity contribution in [1.29, 1.82) is 0 Å². The van der Waals surface area contributed by atoms with E-state index in [4.69, 9.17) is 4.74 Å². The van der Waals surface area contributed by atoms with Crippen LogP contribution in [0.15, 0.2) is 63.0 Å². The lowest BCUT2D eigenvalue weighted by molar-refractivity contribution is -0.123. The fourth-order valence-electron chi connectivity index (χ4n) is 1.61. The minimum Gasteiger partial charge on any atom is -0.484 e. The number of hydrogen-bond donors (Lipinski definition) is 1. The lowest BCUT2D eigenvalue weighted by Crippen LogP contribution is -2.24. The fourth-order valence-corrected chi connectivity index (χ4v) is 2.39. The summed E-state index contributed by atoms with van der Waals surface area (Å²) in [7, 11) is 0. The summed E-state index contributed by atoms with van der Waals surface area (Å²) >= 11 is 5.02. The molecule has 0 saturated carbocycles. The second kappa shape index (κ2) is 8.60. The van der Waals surface area contributed by atoms with E-state index in [9.17, 15) is 4.79 Å². The van der Waals surface area contributed by atoms with Gasteiger partial charge in [0.15, 0.2) is 6.61 Å². The maximum atomic E-state index is 11.6. The second-order valence-electron chi connectivity index (χ2n) is 4.31. The average Bonchev–Trinajstić information content (AvgIpc) is 2.54. The monoisotopic (exact) mass is 378 g/mol. The van der Waals surface area contributed by atoms with Crippen LogP contribution in [0.25, 0.3) is 0 Å². The SMILES string of the molecule is CSc1ccc(/C=N/NC(=O)COc2cccc(Br)c2)cc1. The number of hydrazone groups is 1. The molecule has 0 bridgehead atoms. The third kappa shape index (κ3) is 5.54.